The molecule has 4 nitrogen and oxygen atoms in total. The molecule has 0 saturated heterocycles. The number of hydrogen-bond donors (Lipinski definition) is 2. The number of aryl methyl sites for hydroxylation is 2. The van der Waals surface area contributed by atoms with E-state index in [9.17, 15) is 9.59 Å². The summed E-state index contributed by atoms with van der Waals surface area (Å²) in [5.41, 5.74) is 3.84. The molecule has 1 heterocycles. The maximum absolute atomic E-state index is 13.2. The molecular formula is C25H26N2O2S. The molecule has 0 aliphatic heterocycles. The highest BCUT2D eigenvalue weighted by Crippen LogP contribution is 2.21. The zero-order valence-corrected chi connectivity index (χ0v) is 18.3. The fourth-order valence-electron chi connectivity index (χ4n) is 3.30. The molecule has 0 fully saturated rings. The van der Waals surface area contributed by atoms with Crippen LogP contribution in [0.25, 0.3) is 6.08 Å². The summed E-state index contributed by atoms with van der Waals surface area (Å²) < 4.78 is 0. The van der Waals surface area contributed by atoms with E-state index in [1.165, 1.54) is 11.3 Å². The van der Waals surface area contributed by atoms with Gasteiger partial charge in [-0.1, -0.05) is 55.5 Å². The average Bonchev–Trinajstić information content (AvgIpc) is 3.25. The van der Waals surface area contributed by atoms with Crippen molar-refractivity contribution in [2.75, 3.05) is 0 Å². The van der Waals surface area contributed by atoms with Crippen LogP contribution >= 0.6 is 11.3 Å². The lowest BCUT2D eigenvalue weighted by Gasteiger charge is -2.21. The Bertz CT molecular complexity index is 1050. The van der Waals surface area contributed by atoms with Gasteiger partial charge in [0.1, 0.15) is 5.70 Å². The molecule has 2 N–H and O–H groups in total. The smallest absolute Gasteiger partial charge is 0.268 e. The van der Waals surface area contributed by atoms with Gasteiger partial charge in [-0.25, -0.2) is 0 Å². The number of carbonyl (C=O) groups excluding carboxylic acids is 2. The molecule has 0 saturated carbocycles. The van der Waals surface area contributed by atoms with E-state index in [4.69, 9.17) is 0 Å². The summed E-state index contributed by atoms with van der Waals surface area (Å²) in [6.45, 7) is 5.95. The van der Waals surface area contributed by atoms with E-state index in [1.807, 2.05) is 80.7 Å². The van der Waals surface area contributed by atoms with E-state index in [0.717, 1.165) is 28.0 Å². The van der Waals surface area contributed by atoms with Gasteiger partial charge in [-0.05, 0) is 60.5 Å². The van der Waals surface area contributed by atoms with Crippen molar-refractivity contribution in [1.29, 1.82) is 0 Å². The monoisotopic (exact) mass is 418 g/mol. The Morgan fingerprint density at radius 1 is 0.967 bits per heavy atom. The zero-order chi connectivity index (χ0) is 21.5. The van der Waals surface area contributed by atoms with Crippen molar-refractivity contribution < 1.29 is 9.59 Å². The number of amides is 2. The number of rotatable bonds is 7. The van der Waals surface area contributed by atoms with Crippen LogP contribution in [0.2, 0.25) is 0 Å². The number of benzene rings is 2. The average molecular weight is 419 g/mol. The fourth-order valence-corrected chi connectivity index (χ4v) is 3.96. The molecular weight excluding hydrogens is 392 g/mol. The Morgan fingerprint density at radius 2 is 1.67 bits per heavy atom. The van der Waals surface area contributed by atoms with Crippen molar-refractivity contribution in [3.05, 3.63) is 98.9 Å². The Labute approximate surface area is 181 Å². The standard InChI is InChI=1S/C25H26N2O2S/c1-4-22(20-13-7-5-10-17(20)2)26-25(29)23(16-19-12-9-15-30-19)27-24(28)21-14-8-6-11-18(21)3/h5-16,22H,4H2,1-3H3,(H,26,29)(H,27,28)/b23-16-. The fraction of sp³-hybridized carbons (Fsp3) is 0.200. The van der Waals surface area contributed by atoms with E-state index >= 15 is 0 Å². The third-order valence-corrected chi connectivity index (χ3v) is 5.81. The van der Waals surface area contributed by atoms with Crippen LogP contribution in [0.1, 0.15) is 51.3 Å². The third kappa shape index (κ3) is 5.24. The largest absolute Gasteiger partial charge is 0.344 e. The summed E-state index contributed by atoms with van der Waals surface area (Å²) in [5, 5.41) is 7.85. The normalized spacial score (nSPS) is 12.3. The molecule has 0 aliphatic carbocycles. The van der Waals surface area contributed by atoms with E-state index in [-0.39, 0.29) is 23.6 Å². The van der Waals surface area contributed by atoms with Gasteiger partial charge in [0.15, 0.2) is 0 Å². The summed E-state index contributed by atoms with van der Waals surface area (Å²) in [4.78, 5) is 26.9. The Balaban J connectivity index is 1.87. The number of carbonyl (C=O) groups is 2. The molecule has 154 valence electrons. The second-order valence-electron chi connectivity index (χ2n) is 7.13. The first-order valence-electron chi connectivity index (χ1n) is 9.98. The summed E-state index contributed by atoms with van der Waals surface area (Å²) >= 11 is 1.51. The molecule has 30 heavy (non-hydrogen) atoms. The highest BCUT2D eigenvalue weighted by atomic mass is 32.1. The molecule has 1 atom stereocenters. The van der Waals surface area contributed by atoms with Gasteiger partial charge >= 0.3 is 0 Å². The maximum atomic E-state index is 13.2. The molecule has 0 bridgehead atoms. The summed E-state index contributed by atoms with van der Waals surface area (Å²) in [7, 11) is 0. The maximum Gasteiger partial charge on any atom is 0.268 e. The van der Waals surface area contributed by atoms with Crippen LogP contribution in [0, 0.1) is 13.8 Å². The molecule has 1 unspecified atom stereocenters. The topological polar surface area (TPSA) is 58.2 Å². The highest BCUT2D eigenvalue weighted by molar-refractivity contribution is 7.10. The molecule has 2 amide bonds. The van der Waals surface area contributed by atoms with Crippen LogP contribution in [0.3, 0.4) is 0 Å². The van der Waals surface area contributed by atoms with Crippen LogP contribution in [0.15, 0.2) is 71.7 Å². The lowest BCUT2D eigenvalue weighted by Crippen LogP contribution is -2.37. The molecule has 0 radical (unpaired) electrons. The lowest BCUT2D eigenvalue weighted by molar-refractivity contribution is -0.118. The summed E-state index contributed by atoms with van der Waals surface area (Å²) in [5.74, 6) is -0.601. The van der Waals surface area contributed by atoms with Crippen molar-refractivity contribution in [2.24, 2.45) is 0 Å². The second-order valence-corrected chi connectivity index (χ2v) is 8.11. The van der Waals surface area contributed by atoms with Crippen molar-refractivity contribution in [3.63, 3.8) is 0 Å². The first kappa shape index (κ1) is 21.5. The lowest BCUT2D eigenvalue weighted by atomic mass is 9.99. The molecule has 1 aromatic heterocycles. The predicted octanol–water partition coefficient (Wildman–Crippen LogP) is 5.40. The van der Waals surface area contributed by atoms with Gasteiger partial charge in [0.25, 0.3) is 11.8 Å². The minimum Gasteiger partial charge on any atom is -0.344 e. The van der Waals surface area contributed by atoms with Gasteiger partial charge in [0.05, 0.1) is 6.04 Å². The third-order valence-electron chi connectivity index (χ3n) is 4.99. The van der Waals surface area contributed by atoms with Gasteiger partial charge in [-0.2, -0.15) is 0 Å². The molecule has 0 aliphatic rings. The van der Waals surface area contributed by atoms with Crippen LogP contribution in [-0.2, 0) is 4.79 Å². The van der Waals surface area contributed by atoms with E-state index in [2.05, 4.69) is 10.6 Å². The summed E-state index contributed by atoms with van der Waals surface area (Å²) in [6, 6.07) is 19.0. The Kier molecular flexibility index (Phi) is 7.20. The molecule has 0 spiro atoms. The van der Waals surface area contributed by atoms with Gasteiger partial charge in [-0.3, -0.25) is 9.59 Å². The van der Waals surface area contributed by atoms with Crippen LogP contribution in [0.4, 0.5) is 0 Å². The van der Waals surface area contributed by atoms with Crippen molar-refractivity contribution in [2.45, 2.75) is 33.2 Å². The van der Waals surface area contributed by atoms with Crippen molar-refractivity contribution in [3.8, 4) is 0 Å². The zero-order valence-electron chi connectivity index (χ0n) is 17.4. The van der Waals surface area contributed by atoms with E-state index in [1.54, 1.807) is 12.1 Å². The summed E-state index contributed by atoms with van der Waals surface area (Å²) in [6.07, 6.45) is 2.47. The van der Waals surface area contributed by atoms with Crippen LogP contribution in [0.5, 0.6) is 0 Å². The van der Waals surface area contributed by atoms with Crippen molar-refractivity contribution >= 4 is 29.2 Å². The Morgan fingerprint density at radius 3 is 2.30 bits per heavy atom. The molecule has 3 rings (SSSR count). The van der Waals surface area contributed by atoms with Gasteiger partial charge in [-0.15, -0.1) is 11.3 Å². The van der Waals surface area contributed by atoms with Gasteiger partial charge in [0.2, 0.25) is 0 Å². The van der Waals surface area contributed by atoms with Gasteiger partial charge in [0, 0.05) is 10.4 Å². The number of nitrogens with one attached hydrogen (secondary N) is 2. The first-order chi connectivity index (χ1) is 14.5. The molecule has 5 heteroatoms. The first-order valence-corrected chi connectivity index (χ1v) is 10.9. The highest BCUT2D eigenvalue weighted by Gasteiger charge is 2.20. The Hall–Kier alpha value is -3.18. The SMILES string of the molecule is CCC(NC(=O)/C(=C/c1cccs1)NC(=O)c1ccccc1C)c1ccccc1C. The molecule has 3 aromatic rings. The minimum absolute atomic E-state index is 0.138. The van der Waals surface area contributed by atoms with Crippen LogP contribution in [-0.4, -0.2) is 11.8 Å². The minimum atomic E-state index is -0.305. The quantitative estimate of drug-likeness (QED) is 0.505. The predicted molar refractivity (Wildman–Crippen MR) is 123 cm³/mol. The van der Waals surface area contributed by atoms with E-state index < -0.39 is 0 Å². The second kappa shape index (κ2) is 10.0. The van der Waals surface area contributed by atoms with Crippen molar-refractivity contribution in [1.82, 2.24) is 10.6 Å². The van der Waals surface area contributed by atoms with E-state index in [0.29, 0.717) is 5.56 Å². The van der Waals surface area contributed by atoms with Crippen LogP contribution < -0.4 is 10.6 Å². The molecule has 2 aromatic carbocycles. The number of thiophene rings is 1. The van der Waals surface area contributed by atoms with Gasteiger partial charge < -0.3 is 10.6 Å². The number of hydrogen-bond acceptors (Lipinski definition) is 3.